The van der Waals surface area contributed by atoms with E-state index in [2.05, 4.69) is 12.1 Å². The Labute approximate surface area is 198 Å². The number of fused-ring (bicyclic) bond motifs is 1. The van der Waals surface area contributed by atoms with Crippen LogP contribution in [0.4, 0.5) is 0 Å². The Morgan fingerprint density at radius 3 is 2.09 bits per heavy atom. The van der Waals surface area contributed by atoms with E-state index in [9.17, 15) is 19.2 Å². The second-order valence-electron chi connectivity index (χ2n) is 8.54. The van der Waals surface area contributed by atoms with E-state index in [1.165, 1.54) is 10.1 Å². The highest BCUT2D eigenvalue weighted by molar-refractivity contribution is 5.82. The van der Waals surface area contributed by atoms with Crippen molar-refractivity contribution in [2.75, 3.05) is 26.2 Å². The number of hydrogen-bond donors (Lipinski definition) is 0. The Morgan fingerprint density at radius 2 is 1.41 bits per heavy atom. The third-order valence-electron chi connectivity index (χ3n) is 6.43. The lowest BCUT2D eigenvalue weighted by Gasteiger charge is -2.35. The van der Waals surface area contributed by atoms with Crippen molar-refractivity contribution < 1.29 is 9.59 Å². The van der Waals surface area contributed by atoms with E-state index < -0.39 is 5.69 Å². The summed E-state index contributed by atoms with van der Waals surface area (Å²) in [6.45, 7) is 3.68. The smallest absolute Gasteiger partial charge is 0.331 e. The van der Waals surface area contributed by atoms with Gasteiger partial charge >= 0.3 is 5.69 Å². The van der Waals surface area contributed by atoms with Crippen LogP contribution in [0, 0.1) is 0 Å². The number of carbonyl (C=O) groups excluding carboxylic acids is 2. The van der Waals surface area contributed by atoms with E-state index in [-0.39, 0.29) is 30.5 Å². The molecular weight excluding hydrogens is 432 g/mol. The highest BCUT2D eigenvalue weighted by Gasteiger charge is 2.25. The van der Waals surface area contributed by atoms with Gasteiger partial charge in [0.1, 0.15) is 6.54 Å². The molecule has 178 valence electrons. The van der Waals surface area contributed by atoms with Gasteiger partial charge < -0.3 is 9.80 Å². The van der Waals surface area contributed by atoms with Crippen molar-refractivity contribution in [2.45, 2.75) is 39.3 Å². The first-order valence-electron chi connectivity index (χ1n) is 11.8. The first-order valence-corrected chi connectivity index (χ1v) is 11.8. The van der Waals surface area contributed by atoms with E-state index in [1.54, 1.807) is 36.1 Å². The van der Waals surface area contributed by atoms with Gasteiger partial charge in [0, 0.05) is 39.1 Å². The molecule has 0 bridgehead atoms. The van der Waals surface area contributed by atoms with Crippen LogP contribution < -0.4 is 11.2 Å². The van der Waals surface area contributed by atoms with Gasteiger partial charge in [-0.05, 0) is 37.5 Å². The van der Waals surface area contributed by atoms with Crippen molar-refractivity contribution >= 4 is 22.7 Å². The summed E-state index contributed by atoms with van der Waals surface area (Å²) in [5.74, 6) is -0.0787. The molecule has 3 aromatic rings. The van der Waals surface area contributed by atoms with Gasteiger partial charge in [-0.15, -0.1) is 0 Å². The molecule has 0 aliphatic carbocycles. The van der Waals surface area contributed by atoms with Gasteiger partial charge in [-0.25, -0.2) is 4.79 Å². The first kappa shape index (κ1) is 23.5. The van der Waals surface area contributed by atoms with Crippen LogP contribution in [0.3, 0.4) is 0 Å². The number of aromatic nitrogens is 2. The van der Waals surface area contributed by atoms with E-state index in [4.69, 9.17) is 0 Å². The third kappa shape index (κ3) is 4.95. The average Bonchev–Trinajstić information content (AvgIpc) is 2.87. The second kappa shape index (κ2) is 10.5. The zero-order chi connectivity index (χ0) is 24.1. The third-order valence-corrected chi connectivity index (χ3v) is 6.43. The summed E-state index contributed by atoms with van der Waals surface area (Å²) >= 11 is 0. The Hall–Kier alpha value is -3.68. The van der Waals surface area contributed by atoms with Crippen LogP contribution in [0.15, 0.2) is 64.2 Å². The number of rotatable bonds is 7. The average molecular weight is 463 g/mol. The quantitative estimate of drug-likeness (QED) is 0.537. The van der Waals surface area contributed by atoms with Crippen molar-refractivity contribution in [3.8, 4) is 0 Å². The van der Waals surface area contributed by atoms with Crippen LogP contribution in [0.2, 0.25) is 0 Å². The number of nitrogens with zero attached hydrogens (tertiary/aromatic N) is 4. The summed E-state index contributed by atoms with van der Waals surface area (Å²) in [6, 6.07) is 17.0. The van der Waals surface area contributed by atoms with Crippen LogP contribution in [-0.2, 0) is 29.1 Å². The minimum Gasteiger partial charge on any atom is -0.339 e. The van der Waals surface area contributed by atoms with Crippen molar-refractivity contribution in [3.05, 3.63) is 81.0 Å². The summed E-state index contributed by atoms with van der Waals surface area (Å²) < 4.78 is 2.53. The van der Waals surface area contributed by atoms with Gasteiger partial charge in [-0.1, -0.05) is 42.5 Å². The maximum absolute atomic E-state index is 13.0. The normalized spacial score (nSPS) is 13.9. The summed E-state index contributed by atoms with van der Waals surface area (Å²) in [6.07, 6.45) is 2.15. The van der Waals surface area contributed by atoms with Crippen molar-refractivity contribution in [3.63, 3.8) is 0 Å². The molecule has 1 aromatic heterocycles. The minimum absolute atomic E-state index is 0.111. The fourth-order valence-electron chi connectivity index (χ4n) is 4.49. The second-order valence-corrected chi connectivity index (χ2v) is 8.54. The zero-order valence-corrected chi connectivity index (χ0v) is 19.5. The van der Waals surface area contributed by atoms with Crippen LogP contribution in [0.25, 0.3) is 10.9 Å². The van der Waals surface area contributed by atoms with Crippen LogP contribution in [0.1, 0.15) is 25.3 Å². The molecule has 2 heterocycles. The number of hydrogen-bond acceptors (Lipinski definition) is 4. The van der Waals surface area contributed by atoms with E-state index in [0.29, 0.717) is 43.5 Å². The molecule has 2 amide bonds. The Balaban J connectivity index is 1.36. The fraction of sp³-hybridized carbons (Fsp3) is 0.385. The van der Waals surface area contributed by atoms with Gasteiger partial charge in [0.2, 0.25) is 11.8 Å². The molecule has 1 fully saturated rings. The molecule has 2 aromatic carbocycles. The van der Waals surface area contributed by atoms with Gasteiger partial charge in [0.25, 0.3) is 5.56 Å². The van der Waals surface area contributed by atoms with Gasteiger partial charge in [-0.3, -0.25) is 23.5 Å². The Bertz CT molecular complexity index is 1290. The van der Waals surface area contributed by atoms with Crippen LogP contribution in [-0.4, -0.2) is 56.9 Å². The standard InChI is InChI=1S/C26H30N4O4/c1-2-29-25(33)21-12-6-7-13-22(21)30(26(29)34)19-24(32)28-17-15-27(16-18-28)23(31)14-8-11-20-9-4-3-5-10-20/h3-7,9-10,12-13H,2,8,11,14-19H2,1H3. The summed E-state index contributed by atoms with van der Waals surface area (Å²) in [7, 11) is 0. The topological polar surface area (TPSA) is 84.6 Å². The number of para-hydroxylation sites is 1. The Morgan fingerprint density at radius 1 is 0.794 bits per heavy atom. The minimum atomic E-state index is -0.480. The van der Waals surface area contributed by atoms with Gasteiger partial charge in [0.05, 0.1) is 10.9 Å². The zero-order valence-electron chi connectivity index (χ0n) is 19.5. The molecule has 8 heteroatoms. The maximum atomic E-state index is 13.0. The molecule has 0 unspecified atom stereocenters. The number of amides is 2. The number of carbonyl (C=O) groups is 2. The number of benzene rings is 2. The van der Waals surface area contributed by atoms with Gasteiger partial charge in [-0.2, -0.15) is 0 Å². The molecule has 1 saturated heterocycles. The van der Waals surface area contributed by atoms with Crippen molar-refractivity contribution in [2.24, 2.45) is 0 Å². The molecule has 0 spiro atoms. The monoisotopic (exact) mass is 462 g/mol. The molecule has 8 nitrogen and oxygen atoms in total. The maximum Gasteiger partial charge on any atom is 0.331 e. The molecule has 34 heavy (non-hydrogen) atoms. The fourth-order valence-corrected chi connectivity index (χ4v) is 4.49. The molecule has 0 atom stereocenters. The predicted molar refractivity (Wildman–Crippen MR) is 131 cm³/mol. The Kier molecular flexibility index (Phi) is 7.25. The summed E-state index contributed by atoms with van der Waals surface area (Å²) in [5, 5.41) is 0.419. The summed E-state index contributed by atoms with van der Waals surface area (Å²) in [5.41, 5.74) is 0.864. The lowest BCUT2D eigenvalue weighted by molar-refractivity contribution is -0.140. The first-order chi connectivity index (χ1) is 16.5. The molecule has 0 saturated carbocycles. The lowest BCUT2D eigenvalue weighted by Crippen LogP contribution is -2.52. The lowest BCUT2D eigenvalue weighted by atomic mass is 10.1. The van der Waals surface area contributed by atoms with Crippen molar-refractivity contribution in [1.29, 1.82) is 0 Å². The number of aryl methyl sites for hydroxylation is 1. The molecule has 0 N–H and O–H groups in total. The highest BCUT2D eigenvalue weighted by atomic mass is 16.2. The highest BCUT2D eigenvalue weighted by Crippen LogP contribution is 2.11. The largest absolute Gasteiger partial charge is 0.339 e. The molecule has 4 rings (SSSR count). The van der Waals surface area contributed by atoms with E-state index in [1.807, 2.05) is 23.1 Å². The molecule has 1 aliphatic heterocycles. The van der Waals surface area contributed by atoms with Crippen LogP contribution >= 0.6 is 0 Å². The van der Waals surface area contributed by atoms with Gasteiger partial charge in [0.15, 0.2) is 0 Å². The number of piperazine rings is 1. The summed E-state index contributed by atoms with van der Waals surface area (Å²) in [4.78, 5) is 54.6. The van der Waals surface area contributed by atoms with E-state index in [0.717, 1.165) is 17.4 Å². The van der Waals surface area contributed by atoms with E-state index >= 15 is 0 Å². The molecule has 1 aliphatic rings. The molecule has 0 radical (unpaired) electrons. The predicted octanol–water partition coefficient (Wildman–Crippen LogP) is 1.88. The van der Waals surface area contributed by atoms with Crippen molar-refractivity contribution in [1.82, 2.24) is 18.9 Å². The molecular formula is C26H30N4O4. The SMILES string of the molecule is CCn1c(=O)c2ccccc2n(CC(=O)N2CCN(C(=O)CCCc3ccccc3)CC2)c1=O. The van der Waals surface area contributed by atoms with Crippen LogP contribution in [0.5, 0.6) is 0 Å².